The van der Waals surface area contributed by atoms with Gasteiger partial charge in [0.25, 0.3) is 0 Å². The molecule has 1 heterocycles. The summed E-state index contributed by atoms with van der Waals surface area (Å²) in [5.74, 6) is 0. The van der Waals surface area contributed by atoms with Gasteiger partial charge < -0.3 is 10.7 Å². The fourth-order valence-corrected chi connectivity index (χ4v) is 4.02. The van der Waals surface area contributed by atoms with Crippen LogP contribution in [0.2, 0.25) is 0 Å². The van der Waals surface area contributed by atoms with Crippen LogP contribution in [0.4, 0.5) is 0 Å². The van der Waals surface area contributed by atoms with Crippen molar-refractivity contribution in [1.29, 1.82) is 0 Å². The Morgan fingerprint density at radius 3 is 2.41 bits per heavy atom. The molecule has 0 amide bonds. The number of aromatic amines is 1. The van der Waals surface area contributed by atoms with Crippen LogP contribution in [0.3, 0.4) is 0 Å². The average molecular weight is 337 g/mol. The maximum absolute atomic E-state index is 12.8. The number of benzene rings is 2. The Morgan fingerprint density at radius 2 is 1.73 bits per heavy atom. The Morgan fingerprint density at radius 1 is 1.00 bits per heavy atom. The van der Waals surface area contributed by atoms with E-state index in [0.29, 0.717) is 22.8 Å². The number of rotatable bonds is 4. The van der Waals surface area contributed by atoms with Crippen molar-refractivity contribution in [3.8, 4) is 0 Å². The third-order valence-electron chi connectivity index (χ3n) is 3.51. The highest BCUT2D eigenvalue weighted by Crippen LogP contribution is 2.30. The van der Waals surface area contributed by atoms with Gasteiger partial charge >= 0.3 is 0 Å². The first-order valence-electron chi connectivity index (χ1n) is 6.74. The molecule has 4 nitrogen and oxygen atoms in total. The van der Waals surface area contributed by atoms with Crippen molar-refractivity contribution in [1.82, 2.24) is 4.98 Å². The fraction of sp³-hybridized carbons (Fsp3) is 0.125. The van der Waals surface area contributed by atoms with E-state index in [0.717, 1.165) is 16.5 Å². The number of hydrogen-bond donors (Lipinski definition) is 2. The molecule has 2 aromatic carbocycles. The van der Waals surface area contributed by atoms with E-state index in [-0.39, 0.29) is 12.4 Å². The molecule has 1 aromatic heterocycles. The van der Waals surface area contributed by atoms with Crippen molar-refractivity contribution in [2.75, 3.05) is 6.54 Å². The third kappa shape index (κ3) is 2.75. The molecule has 0 unspecified atom stereocenters. The summed E-state index contributed by atoms with van der Waals surface area (Å²) in [6.07, 6.45) is 2.21. The number of nitrogens with two attached hydrogens (primary N) is 1. The molecule has 0 atom stereocenters. The highest BCUT2D eigenvalue weighted by Gasteiger charge is 2.22. The number of halogens is 1. The van der Waals surface area contributed by atoms with Gasteiger partial charge in [0.15, 0.2) is 0 Å². The predicted octanol–water partition coefficient (Wildman–Crippen LogP) is 2.92. The Bertz CT molecular complexity index is 874. The zero-order chi connectivity index (χ0) is 14.9. The monoisotopic (exact) mass is 336 g/mol. The maximum Gasteiger partial charge on any atom is 0.208 e. The number of fused-ring (bicyclic) bond motifs is 1. The van der Waals surface area contributed by atoms with Crippen molar-refractivity contribution < 1.29 is 8.42 Å². The summed E-state index contributed by atoms with van der Waals surface area (Å²) in [5, 5.41) is 0.742. The Hall–Kier alpha value is -1.82. The number of nitrogens with one attached hydrogen (secondary N) is 1. The lowest BCUT2D eigenvalue weighted by Crippen LogP contribution is -2.05. The molecule has 0 bridgehead atoms. The molecule has 116 valence electrons. The van der Waals surface area contributed by atoms with Gasteiger partial charge in [-0.1, -0.05) is 30.3 Å². The molecule has 0 aliphatic carbocycles. The number of hydrogen-bond acceptors (Lipinski definition) is 3. The lowest BCUT2D eigenvalue weighted by atomic mass is 10.1. The lowest BCUT2D eigenvalue weighted by Gasteiger charge is -2.06. The average Bonchev–Trinajstić information content (AvgIpc) is 2.94. The standard InChI is InChI=1S/C16H16N2O2S.ClH/c17-10-9-12-5-4-8-14-16(12)15(11-18-14)21(19,20)13-6-2-1-3-7-13;/h1-8,11,18H,9-10,17H2;1H. The van der Waals surface area contributed by atoms with E-state index in [4.69, 9.17) is 5.73 Å². The second kappa shape index (κ2) is 6.52. The largest absolute Gasteiger partial charge is 0.360 e. The van der Waals surface area contributed by atoms with Crippen molar-refractivity contribution in [3.05, 3.63) is 60.3 Å². The molecule has 0 saturated heterocycles. The molecule has 0 radical (unpaired) electrons. The van der Waals surface area contributed by atoms with Crippen LogP contribution in [0.5, 0.6) is 0 Å². The summed E-state index contributed by atoms with van der Waals surface area (Å²) >= 11 is 0. The van der Waals surface area contributed by atoms with Gasteiger partial charge in [0, 0.05) is 17.1 Å². The summed E-state index contributed by atoms with van der Waals surface area (Å²) in [4.78, 5) is 3.66. The number of aromatic nitrogens is 1. The van der Waals surface area contributed by atoms with Gasteiger partial charge in [-0.2, -0.15) is 0 Å². The molecular formula is C16H17ClN2O2S. The van der Waals surface area contributed by atoms with E-state index >= 15 is 0 Å². The van der Waals surface area contributed by atoms with Crippen molar-refractivity contribution in [3.63, 3.8) is 0 Å². The minimum atomic E-state index is -3.54. The second-order valence-electron chi connectivity index (χ2n) is 4.85. The first-order valence-corrected chi connectivity index (χ1v) is 8.22. The van der Waals surface area contributed by atoms with Crippen LogP contribution in [-0.4, -0.2) is 19.9 Å². The van der Waals surface area contributed by atoms with Gasteiger partial charge in [0.2, 0.25) is 9.84 Å². The predicted molar refractivity (Wildman–Crippen MR) is 90.2 cm³/mol. The zero-order valence-corrected chi connectivity index (χ0v) is 13.5. The Balaban J connectivity index is 0.00000176. The van der Waals surface area contributed by atoms with Crippen LogP contribution < -0.4 is 5.73 Å². The molecule has 0 aliphatic heterocycles. The maximum atomic E-state index is 12.8. The van der Waals surface area contributed by atoms with E-state index in [9.17, 15) is 8.42 Å². The minimum absolute atomic E-state index is 0. The van der Waals surface area contributed by atoms with Gasteiger partial charge in [-0.15, -0.1) is 12.4 Å². The molecule has 3 aromatic rings. The van der Waals surface area contributed by atoms with Gasteiger partial charge in [-0.05, 0) is 36.7 Å². The topological polar surface area (TPSA) is 76.0 Å². The summed E-state index contributed by atoms with van der Waals surface area (Å²) in [6, 6.07) is 14.2. The number of H-pyrrole nitrogens is 1. The van der Waals surface area contributed by atoms with Crippen molar-refractivity contribution >= 4 is 33.1 Å². The van der Waals surface area contributed by atoms with Crippen LogP contribution in [-0.2, 0) is 16.3 Å². The Labute approximate surface area is 135 Å². The molecule has 0 saturated carbocycles. The van der Waals surface area contributed by atoms with E-state index in [1.807, 2.05) is 18.2 Å². The van der Waals surface area contributed by atoms with Crippen molar-refractivity contribution in [2.24, 2.45) is 5.73 Å². The summed E-state index contributed by atoms with van der Waals surface area (Å²) in [7, 11) is -3.54. The van der Waals surface area contributed by atoms with Gasteiger partial charge in [-0.25, -0.2) is 8.42 Å². The van der Waals surface area contributed by atoms with Gasteiger partial charge in [-0.3, -0.25) is 0 Å². The van der Waals surface area contributed by atoms with E-state index < -0.39 is 9.84 Å². The smallest absolute Gasteiger partial charge is 0.208 e. The zero-order valence-electron chi connectivity index (χ0n) is 11.8. The molecule has 0 spiro atoms. The van der Waals surface area contributed by atoms with Crippen LogP contribution in [0, 0.1) is 0 Å². The number of sulfone groups is 1. The molecule has 3 N–H and O–H groups in total. The fourth-order valence-electron chi connectivity index (χ4n) is 2.53. The molecule has 6 heteroatoms. The van der Waals surface area contributed by atoms with E-state index in [1.54, 1.807) is 36.5 Å². The first-order chi connectivity index (χ1) is 10.1. The molecule has 0 aliphatic rings. The highest BCUT2D eigenvalue weighted by atomic mass is 35.5. The highest BCUT2D eigenvalue weighted by molar-refractivity contribution is 7.91. The summed E-state index contributed by atoms with van der Waals surface area (Å²) in [5.41, 5.74) is 7.40. The van der Waals surface area contributed by atoms with Crippen LogP contribution in [0.1, 0.15) is 5.56 Å². The van der Waals surface area contributed by atoms with E-state index in [1.165, 1.54) is 0 Å². The van der Waals surface area contributed by atoms with Gasteiger partial charge in [0.05, 0.1) is 9.79 Å². The first kappa shape index (κ1) is 16.5. The molecule has 0 fully saturated rings. The van der Waals surface area contributed by atoms with Crippen LogP contribution >= 0.6 is 12.4 Å². The summed E-state index contributed by atoms with van der Waals surface area (Å²) in [6.45, 7) is 0.481. The van der Waals surface area contributed by atoms with Gasteiger partial charge in [0.1, 0.15) is 0 Å². The molecular weight excluding hydrogens is 320 g/mol. The quantitative estimate of drug-likeness (QED) is 0.769. The third-order valence-corrected chi connectivity index (χ3v) is 5.31. The second-order valence-corrected chi connectivity index (χ2v) is 6.77. The minimum Gasteiger partial charge on any atom is -0.360 e. The lowest BCUT2D eigenvalue weighted by molar-refractivity contribution is 0.597. The van der Waals surface area contributed by atoms with Crippen LogP contribution in [0.25, 0.3) is 10.9 Å². The normalized spacial score (nSPS) is 11.3. The summed E-state index contributed by atoms with van der Waals surface area (Å²) < 4.78 is 25.6. The van der Waals surface area contributed by atoms with Crippen molar-refractivity contribution in [2.45, 2.75) is 16.2 Å². The Kier molecular flexibility index (Phi) is 4.90. The molecule has 22 heavy (non-hydrogen) atoms. The molecule has 3 rings (SSSR count). The SMILES string of the molecule is Cl.NCCc1cccc2[nH]cc(S(=O)(=O)c3ccccc3)c12. The van der Waals surface area contributed by atoms with E-state index in [2.05, 4.69) is 4.98 Å². The van der Waals surface area contributed by atoms with Crippen LogP contribution in [0.15, 0.2) is 64.5 Å².